The zero-order valence-corrected chi connectivity index (χ0v) is 10.2. The number of hydrogen-bond donors (Lipinski definition) is 0. The first kappa shape index (κ1) is 12.4. The maximum Gasteiger partial charge on any atom is 0.306 e. The van der Waals surface area contributed by atoms with Gasteiger partial charge in [-0.1, -0.05) is 30.3 Å². The van der Waals surface area contributed by atoms with Crippen molar-refractivity contribution in [2.45, 2.75) is 19.4 Å². The second-order valence-corrected chi connectivity index (χ2v) is 4.01. The zero-order chi connectivity index (χ0) is 12.6. The summed E-state index contributed by atoms with van der Waals surface area (Å²) in [5, 5.41) is 0. The van der Waals surface area contributed by atoms with E-state index in [1.807, 2.05) is 41.1 Å². The zero-order valence-electron chi connectivity index (χ0n) is 10.2. The normalized spacial score (nSPS) is 10.2. The molecule has 2 aromatic rings. The molecule has 0 spiro atoms. The highest BCUT2D eigenvalue weighted by Crippen LogP contribution is 2.03. The monoisotopic (exact) mass is 244 g/mol. The molecule has 0 amide bonds. The Hall–Kier alpha value is -2.10. The Morgan fingerprint density at radius 3 is 2.83 bits per heavy atom. The lowest BCUT2D eigenvalue weighted by Gasteiger charge is -2.05. The Morgan fingerprint density at radius 1 is 1.28 bits per heavy atom. The third-order valence-corrected chi connectivity index (χ3v) is 2.63. The number of hydrogen-bond acceptors (Lipinski definition) is 3. The smallest absolute Gasteiger partial charge is 0.306 e. The molecule has 0 N–H and O–H groups in total. The van der Waals surface area contributed by atoms with Crippen molar-refractivity contribution in [1.82, 2.24) is 9.55 Å². The SMILES string of the molecule is O=C(CCc1ccccc1)OCCn1ccnc1. The van der Waals surface area contributed by atoms with Gasteiger partial charge in [0.25, 0.3) is 0 Å². The van der Waals surface area contributed by atoms with Gasteiger partial charge in [-0.2, -0.15) is 0 Å². The highest BCUT2D eigenvalue weighted by molar-refractivity contribution is 5.69. The highest BCUT2D eigenvalue weighted by atomic mass is 16.5. The summed E-state index contributed by atoms with van der Waals surface area (Å²) in [6, 6.07) is 9.93. The average Bonchev–Trinajstić information content (AvgIpc) is 2.91. The van der Waals surface area contributed by atoms with E-state index in [1.54, 1.807) is 12.5 Å². The Bertz CT molecular complexity index is 466. The largest absolute Gasteiger partial charge is 0.464 e. The summed E-state index contributed by atoms with van der Waals surface area (Å²) in [6.45, 7) is 1.04. The van der Waals surface area contributed by atoms with E-state index in [9.17, 15) is 4.79 Å². The molecule has 1 heterocycles. The third-order valence-electron chi connectivity index (χ3n) is 2.63. The van der Waals surface area contributed by atoms with Crippen LogP contribution in [0.2, 0.25) is 0 Å². The molecule has 0 radical (unpaired) electrons. The van der Waals surface area contributed by atoms with Gasteiger partial charge >= 0.3 is 5.97 Å². The summed E-state index contributed by atoms with van der Waals surface area (Å²) in [4.78, 5) is 15.4. The van der Waals surface area contributed by atoms with Crippen LogP contribution < -0.4 is 0 Å². The molecule has 0 saturated carbocycles. The molecule has 0 atom stereocenters. The number of nitrogens with zero attached hydrogens (tertiary/aromatic N) is 2. The molecular weight excluding hydrogens is 228 g/mol. The van der Waals surface area contributed by atoms with Gasteiger partial charge in [-0.05, 0) is 12.0 Å². The van der Waals surface area contributed by atoms with E-state index in [0.29, 0.717) is 19.6 Å². The van der Waals surface area contributed by atoms with Gasteiger partial charge in [-0.25, -0.2) is 4.98 Å². The van der Waals surface area contributed by atoms with Crippen LogP contribution in [-0.4, -0.2) is 22.1 Å². The molecule has 0 aliphatic carbocycles. The molecule has 4 heteroatoms. The van der Waals surface area contributed by atoms with E-state index in [0.717, 1.165) is 12.0 Å². The van der Waals surface area contributed by atoms with Crippen LogP contribution in [0, 0.1) is 0 Å². The van der Waals surface area contributed by atoms with Crippen LogP contribution in [0.5, 0.6) is 0 Å². The molecule has 0 aliphatic rings. The van der Waals surface area contributed by atoms with Gasteiger partial charge in [0, 0.05) is 18.8 Å². The molecule has 0 bridgehead atoms. The van der Waals surface area contributed by atoms with Gasteiger partial charge in [0.2, 0.25) is 0 Å². The molecule has 1 aromatic heterocycles. The van der Waals surface area contributed by atoms with Crippen molar-refractivity contribution >= 4 is 5.97 Å². The minimum atomic E-state index is -0.154. The van der Waals surface area contributed by atoms with Crippen LogP contribution in [0.1, 0.15) is 12.0 Å². The lowest BCUT2D eigenvalue weighted by Crippen LogP contribution is -2.11. The van der Waals surface area contributed by atoms with Crippen molar-refractivity contribution < 1.29 is 9.53 Å². The number of ether oxygens (including phenoxy) is 1. The van der Waals surface area contributed by atoms with E-state index >= 15 is 0 Å². The van der Waals surface area contributed by atoms with Gasteiger partial charge in [0.05, 0.1) is 12.9 Å². The number of esters is 1. The number of aryl methyl sites for hydroxylation is 1. The van der Waals surface area contributed by atoms with Gasteiger partial charge < -0.3 is 9.30 Å². The molecule has 0 aliphatic heterocycles. The van der Waals surface area contributed by atoms with Crippen LogP contribution in [0.15, 0.2) is 49.1 Å². The number of imidazole rings is 1. The van der Waals surface area contributed by atoms with E-state index in [-0.39, 0.29) is 5.97 Å². The van der Waals surface area contributed by atoms with E-state index in [4.69, 9.17) is 4.74 Å². The van der Waals surface area contributed by atoms with Crippen molar-refractivity contribution in [3.05, 3.63) is 54.6 Å². The summed E-state index contributed by atoms with van der Waals surface area (Å²) in [5.74, 6) is -0.154. The molecule has 0 fully saturated rings. The first-order chi connectivity index (χ1) is 8.84. The fraction of sp³-hybridized carbons (Fsp3) is 0.286. The summed E-state index contributed by atoms with van der Waals surface area (Å²) < 4.78 is 7.03. The standard InChI is InChI=1S/C14H16N2O2/c17-14(7-6-13-4-2-1-3-5-13)18-11-10-16-9-8-15-12-16/h1-5,8-9,12H,6-7,10-11H2. The third kappa shape index (κ3) is 4.05. The Morgan fingerprint density at radius 2 is 2.11 bits per heavy atom. The lowest BCUT2D eigenvalue weighted by atomic mass is 10.1. The summed E-state index contributed by atoms with van der Waals surface area (Å²) >= 11 is 0. The number of carbonyl (C=O) groups excluding carboxylic acids is 1. The van der Waals surface area contributed by atoms with E-state index < -0.39 is 0 Å². The highest BCUT2D eigenvalue weighted by Gasteiger charge is 2.03. The Balaban J connectivity index is 1.63. The van der Waals surface area contributed by atoms with Gasteiger partial charge in [-0.3, -0.25) is 4.79 Å². The van der Waals surface area contributed by atoms with Crippen molar-refractivity contribution in [3.63, 3.8) is 0 Å². The lowest BCUT2D eigenvalue weighted by molar-refractivity contribution is -0.143. The first-order valence-electron chi connectivity index (χ1n) is 6.00. The molecule has 18 heavy (non-hydrogen) atoms. The molecule has 0 saturated heterocycles. The topological polar surface area (TPSA) is 44.1 Å². The predicted octanol–water partition coefficient (Wildman–Crippen LogP) is 2.06. The minimum Gasteiger partial charge on any atom is -0.464 e. The van der Waals surface area contributed by atoms with Crippen molar-refractivity contribution in [1.29, 1.82) is 0 Å². The van der Waals surface area contributed by atoms with Crippen molar-refractivity contribution in [3.8, 4) is 0 Å². The molecule has 1 aromatic carbocycles. The maximum atomic E-state index is 11.5. The molecule has 2 rings (SSSR count). The molecule has 0 unspecified atom stereocenters. The van der Waals surface area contributed by atoms with Crippen LogP contribution in [0.4, 0.5) is 0 Å². The van der Waals surface area contributed by atoms with Gasteiger partial charge in [-0.15, -0.1) is 0 Å². The summed E-state index contributed by atoms with van der Waals surface area (Å²) in [6.07, 6.45) is 6.41. The van der Waals surface area contributed by atoms with Gasteiger partial charge in [0.15, 0.2) is 0 Å². The number of aromatic nitrogens is 2. The fourth-order valence-electron chi connectivity index (χ4n) is 1.65. The summed E-state index contributed by atoms with van der Waals surface area (Å²) in [7, 11) is 0. The second kappa shape index (κ2) is 6.59. The summed E-state index contributed by atoms with van der Waals surface area (Å²) in [5.41, 5.74) is 1.16. The predicted molar refractivity (Wildman–Crippen MR) is 67.9 cm³/mol. The van der Waals surface area contributed by atoms with Crippen LogP contribution in [0.3, 0.4) is 0 Å². The maximum absolute atomic E-state index is 11.5. The average molecular weight is 244 g/mol. The van der Waals surface area contributed by atoms with E-state index in [1.165, 1.54) is 0 Å². The molecule has 4 nitrogen and oxygen atoms in total. The Labute approximate surface area is 106 Å². The van der Waals surface area contributed by atoms with Crippen LogP contribution in [0.25, 0.3) is 0 Å². The van der Waals surface area contributed by atoms with Crippen molar-refractivity contribution in [2.75, 3.05) is 6.61 Å². The first-order valence-corrected chi connectivity index (χ1v) is 6.00. The molecular formula is C14H16N2O2. The Kier molecular flexibility index (Phi) is 4.53. The number of benzene rings is 1. The number of rotatable bonds is 6. The van der Waals surface area contributed by atoms with Crippen LogP contribution in [-0.2, 0) is 22.5 Å². The quantitative estimate of drug-likeness (QED) is 0.730. The van der Waals surface area contributed by atoms with Crippen LogP contribution >= 0.6 is 0 Å². The minimum absolute atomic E-state index is 0.154. The molecule has 94 valence electrons. The number of carbonyl (C=O) groups is 1. The fourth-order valence-corrected chi connectivity index (χ4v) is 1.65. The second-order valence-electron chi connectivity index (χ2n) is 4.01. The van der Waals surface area contributed by atoms with E-state index in [2.05, 4.69) is 4.98 Å². The van der Waals surface area contributed by atoms with Gasteiger partial charge in [0.1, 0.15) is 6.61 Å². The van der Waals surface area contributed by atoms with Crippen molar-refractivity contribution in [2.24, 2.45) is 0 Å².